The molecule has 0 atom stereocenters. The molecule has 5 heteroatoms. The van der Waals surface area contributed by atoms with E-state index in [1.54, 1.807) is 0 Å². The zero-order chi connectivity index (χ0) is 11.6. The summed E-state index contributed by atoms with van der Waals surface area (Å²) in [6.45, 7) is 8.03. The molecule has 0 fully saturated rings. The number of unbranched alkanes of at least 4 members (excludes halogenated alkanes) is 1. The van der Waals surface area contributed by atoms with Gasteiger partial charge in [-0.1, -0.05) is 22.6 Å². The lowest BCUT2D eigenvalue weighted by Gasteiger charge is -2.28. The van der Waals surface area contributed by atoms with E-state index in [-0.39, 0.29) is 0 Å². The van der Waals surface area contributed by atoms with Crippen molar-refractivity contribution in [3.63, 3.8) is 0 Å². The predicted molar refractivity (Wildman–Crippen MR) is 73.6 cm³/mol. The lowest BCUT2D eigenvalue weighted by atomic mass is 10.4. The zero-order valence-corrected chi connectivity index (χ0v) is 13.2. The van der Waals surface area contributed by atoms with E-state index in [4.69, 9.17) is 13.3 Å². The smallest absolute Gasteiger partial charge is 0.374 e. The number of rotatable bonds is 10. The highest BCUT2D eigenvalue weighted by Crippen LogP contribution is 2.19. The number of halogens is 1. The minimum atomic E-state index is -2.34. The summed E-state index contributed by atoms with van der Waals surface area (Å²) in [7, 11) is -2.34. The first-order chi connectivity index (χ1) is 7.24. The van der Waals surface area contributed by atoms with Crippen molar-refractivity contribution in [2.45, 2.75) is 39.7 Å². The standard InChI is InChI=1S/C10H23IO3Si/c1-4-12-15(13-5-2,14-6-3)10-8-7-9-11/h4-10H2,1-3H3. The van der Waals surface area contributed by atoms with Crippen LogP contribution in [-0.2, 0) is 13.3 Å². The Balaban J connectivity index is 4.18. The summed E-state index contributed by atoms with van der Waals surface area (Å²) in [6, 6.07) is 0.950. The van der Waals surface area contributed by atoms with Crippen molar-refractivity contribution in [3.8, 4) is 0 Å². The van der Waals surface area contributed by atoms with Crippen LogP contribution < -0.4 is 0 Å². The van der Waals surface area contributed by atoms with Crippen molar-refractivity contribution in [1.82, 2.24) is 0 Å². The SMILES string of the molecule is CCO[Si](CCCCI)(OCC)OCC. The average Bonchev–Trinajstić information content (AvgIpc) is 2.19. The van der Waals surface area contributed by atoms with Crippen LogP contribution in [0.4, 0.5) is 0 Å². The van der Waals surface area contributed by atoms with Gasteiger partial charge in [-0.15, -0.1) is 0 Å². The molecular weight excluding hydrogens is 323 g/mol. The first kappa shape index (κ1) is 15.8. The molecule has 92 valence electrons. The molecule has 0 saturated heterocycles. The van der Waals surface area contributed by atoms with Gasteiger partial charge in [0.15, 0.2) is 0 Å². The predicted octanol–water partition coefficient (Wildman–Crippen LogP) is 3.25. The normalized spacial score (nSPS) is 12.0. The van der Waals surface area contributed by atoms with Gasteiger partial charge in [-0.05, 0) is 38.0 Å². The van der Waals surface area contributed by atoms with E-state index in [9.17, 15) is 0 Å². The maximum atomic E-state index is 5.75. The molecule has 0 bridgehead atoms. The summed E-state index contributed by atoms with van der Waals surface area (Å²) in [5.41, 5.74) is 0. The zero-order valence-electron chi connectivity index (χ0n) is 10.1. The summed E-state index contributed by atoms with van der Waals surface area (Å²) >= 11 is 2.40. The van der Waals surface area contributed by atoms with Crippen LogP contribution in [0.15, 0.2) is 0 Å². The number of alkyl halides is 1. The third-order valence-corrected chi connectivity index (χ3v) is 5.87. The fourth-order valence-electron chi connectivity index (χ4n) is 1.44. The van der Waals surface area contributed by atoms with Gasteiger partial charge in [0, 0.05) is 25.9 Å². The van der Waals surface area contributed by atoms with Crippen LogP contribution in [0.5, 0.6) is 0 Å². The summed E-state index contributed by atoms with van der Waals surface area (Å²) in [6.07, 6.45) is 2.34. The van der Waals surface area contributed by atoms with E-state index in [0.717, 1.165) is 12.5 Å². The second-order valence-electron chi connectivity index (χ2n) is 3.13. The van der Waals surface area contributed by atoms with Gasteiger partial charge < -0.3 is 13.3 Å². The highest BCUT2D eigenvalue weighted by molar-refractivity contribution is 14.1. The maximum Gasteiger partial charge on any atom is 0.500 e. The van der Waals surface area contributed by atoms with E-state index in [2.05, 4.69) is 22.6 Å². The largest absolute Gasteiger partial charge is 0.500 e. The summed E-state index contributed by atoms with van der Waals surface area (Å²) < 4.78 is 18.4. The van der Waals surface area contributed by atoms with Crippen LogP contribution in [0.3, 0.4) is 0 Å². The van der Waals surface area contributed by atoms with Gasteiger partial charge in [0.1, 0.15) is 0 Å². The Morgan fingerprint density at radius 1 is 0.867 bits per heavy atom. The molecule has 0 aliphatic carbocycles. The highest BCUT2D eigenvalue weighted by Gasteiger charge is 2.39. The molecule has 0 aliphatic rings. The highest BCUT2D eigenvalue weighted by atomic mass is 127. The lowest BCUT2D eigenvalue weighted by Crippen LogP contribution is -2.45. The summed E-state index contributed by atoms with van der Waals surface area (Å²) in [5.74, 6) is 0. The van der Waals surface area contributed by atoms with Gasteiger partial charge in [-0.25, -0.2) is 0 Å². The topological polar surface area (TPSA) is 27.7 Å². The van der Waals surface area contributed by atoms with Crippen molar-refractivity contribution in [1.29, 1.82) is 0 Å². The summed E-state index contributed by atoms with van der Waals surface area (Å²) in [4.78, 5) is 0. The monoisotopic (exact) mass is 346 g/mol. The van der Waals surface area contributed by atoms with E-state index in [1.807, 2.05) is 20.8 Å². The molecule has 0 aromatic heterocycles. The number of hydrogen-bond donors (Lipinski definition) is 0. The van der Waals surface area contributed by atoms with Crippen molar-refractivity contribution >= 4 is 31.4 Å². The second kappa shape index (κ2) is 10.0. The Morgan fingerprint density at radius 2 is 1.33 bits per heavy atom. The molecule has 0 spiro atoms. The van der Waals surface area contributed by atoms with Crippen molar-refractivity contribution < 1.29 is 13.3 Å². The molecule has 0 saturated carbocycles. The molecule has 0 aromatic carbocycles. The van der Waals surface area contributed by atoms with Gasteiger partial charge in [0.25, 0.3) is 0 Å². The molecule has 0 radical (unpaired) electrons. The Labute approximate surface area is 108 Å². The molecule has 0 heterocycles. The van der Waals surface area contributed by atoms with Crippen LogP contribution in [0.2, 0.25) is 6.04 Å². The fraction of sp³-hybridized carbons (Fsp3) is 1.00. The minimum Gasteiger partial charge on any atom is -0.374 e. The minimum absolute atomic E-state index is 0.677. The molecule has 0 rings (SSSR count). The third-order valence-electron chi connectivity index (χ3n) is 1.96. The van der Waals surface area contributed by atoms with Gasteiger partial charge >= 0.3 is 8.80 Å². The lowest BCUT2D eigenvalue weighted by molar-refractivity contribution is 0.0708. The van der Waals surface area contributed by atoms with E-state index in [1.165, 1.54) is 10.8 Å². The molecule has 0 unspecified atom stereocenters. The molecular formula is C10H23IO3Si. The van der Waals surface area contributed by atoms with Crippen LogP contribution in [0.25, 0.3) is 0 Å². The first-order valence-corrected chi connectivity index (χ1v) is 9.18. The van der Waals surface area contributed by atoms with Gasteiger partial charge in [0.05, 0.1) is 0 Å². The van der Waals surface area contributed by atoms with Crippen LogP contribution in [-0.4, -0.2) is 33.1 Å². The van der Waals surface area contributed by atoms with Crippen LogP contribution in [0, 0.1) is 0 Å². The van der Waals surface area contributed by atoms with E-state index in [0.29, 0.717) is 19.8 Å². The molecule has 0 aromatic rings. The molecule has 3 nitrogen and oxygen atoms in total. The van der Waals surface area contributed by atoms with Crippen molar-refractivity contribution in [2.24, 2.45) is 0 Å². The molecule has 0 N–H and O–H groups in total. The van der Waals surface area contributed by atoms with Gasteiger partial charge in [-0.2, -0.15) is 0 Å². The quantitative estimate of drug-likeness (QED) is 0.263. The van der Waals surface area contributed by atoms with Crippen LogP contribution in [0.1, 0.15) is 33.6 Å². The molecule has 15 heavy (non-hydrogen) atoms. The van der Waals surface area contributed by atoms with Gasteiger partial charge in [-0.3, -0.25) is 0 Å². The van der Waals surface area contributed by atoms with E-state index >= 15 is 0 Å². The molecule has 0 aliphatic heterocycles. The number of hydrogen-bond acceptors (Lipinski definition) is 3. The Hall–Kier alpha value is 0.827. The third kappa shape index (κ3) is 6.88. The molecule has 0 amide bonds. The second-order valence-corrected chi connectivity index (χ2v) is 6.94. The Kier molecular flexibility index (Phi) is 10.6. The fourth-order valence-corrected chi connectivity index (χ4v) is 4.66. The first-order valence-electron chi connectivity index (χ1n) is 5.72. The Morgan fingerprint density at radius 3 is 1.67 bits per heavy atom. The Bertz CT molecular complexity index is 130. The van der Waals surface area contributed by atoms with Gasteiger partial charge in [0.2, 0.25) is 0 Å². The average molecular weight is 346 g/mol. The van der Waals surface area contributed by atoms with E-state index < -0.39 is 8.80 Å². The summed E-state index contributed by atoms with van der Waals surface area (Å²) in [5, 5.41) is 0. The van der Waals surface area contributed by atoms with Crippen molar-refractivity contribution in [2.75, 3.05) is 24.2 Å². The van der Waals surface area contributed by atoms with Crippen molar-refractivity contribution in [3.05, 3.63) is 0 Å². The maximum absolute atomic E-state index is 5.75. The van der Waals surface area contributed by atoms with Crippen LogP contribution >= 0.6 is 22.6 Å².